The predicted octanol–water partition coefficient (Wildman–Crippen LogP) is 4.32. The number of carbonyl (C=O) groups excluding carboxylic acids is 1. The van der Waals surface area contributed by atoms with Gasteiger partial charge in [0.05, 0.1) is 10.8 Å². The minimum absolute atomic E-state index is 0.236. The molecule has 0 aliphatic rings. The van der Waals surface area contributed by atoms with Crippen LogP contribution < -0.4 is 5.32 Å². The summed E-state index contributed by atoms with van der Waals surface area (Å²) in [5.74, 6) is 0.00390. The van der Waals surface area contributed by atoms with Crippen molar-refractivity contribution in [2.45, 2.75) is 23.9 Å². The van der Waals surface area contributed by atoms with Crippen LogP contribution in [0.4, 0.5) is 9.39 Å². The molecule has 142 valence electrons. The van der Waals surface area contributed by atoms with Crippen LogP contribution in [-0.2, 0) is 11.3 Å². The summed E-state index contributed by atoms with van der Waals surface area (Å²) >= 11 is 2.55. The van der Waals surface area contributed by atoms with Crippen molar-refractivity contribution in [2.24, 2.45) is 0 Å². The molecule has 9 heteroatoms. The van der Waals surface area contributed by atoms with Crippen molar-refractivity contribution in [1.82, 2.24) is 14.8 Å². The lowest BCUT2D eigenvalue weighted by atomic mass is 10.2. The molecule has 0 fully saturated rings. The summed E-state index contributed by atoms with van der Waals surface area (Å²) in [4.78, 5) is 12.5. The quantitative estimate of drug-likeness (QED) is 0.461. The number of nitriles is 1. The normalized spacial score (nSPS) is 11.6. The van der Waals surface area contributed by atoms with Crippen molar-refractivity contribution in [1.29, 1.82) is 5.26 Å². The van der Waals surface area contributed by atoms with Gasteiger partial charge in [0.2, 0.25) is 5.91 Å². The van der Waals surface area contributed by atoms with E-state index in [-0.39, 0.29) is 11.7 Å². The monoisotopic (exact) mass is 413 g/mol. The number of thiophene rings is 1. The molecule has 0 saturated carbocycles. The molecule has 0 aliphatic heterocycles. The molecule has 0 radical (unpaired) electrons. The standard InChI is InChI=1S/C19H16FN5OS2/c1-3-9-25-16(13-4-6-15(20)7-5-13)23-24-19(25)28-12(2)17(26)22-18-14(11-21)8-10-27-18/h3-8,10,12H,1,9H2,2H3,(H,22,26)/t12-/m1/s1. The van der Waals surface area contributed by atoms with Crippen molar-refractivity contribution < 1.29 is 9.18 Å². The molecule has 2 aromatic heterocycles. The lowest BCUT2D eigenvalue weighted by molar-refractivity contribution is -0.115. The summed E-state index contributed by atoms with van der Waals surface area (Å²) < 4.78 is 15.0. The van der Waals surface area contributed by atoms with Crippen LogP contribution in [0.25, 0.3) is 11.4 Å². The van der Waals surface area contributed by atoms with Gasteiger partial charge in [-0.1, -0.05) is 17.8 Å². The van der Waals surface area contributed by atoms with E-state index in [2.05, 4.69) is 22.1 Å². The van der Waals surface area contributed by atoms with Crippen LogP contribution >= 0.6 is 23.1 Å². The minimum atomic E-state index is -0.470. The van der Waals surface area contributed by atoms with Crippen LogP contribution in [0.15, 0.2) is 53.5 Å². The van der Waals surface area contributed by atoms with Gasteiger partial charge >= 0.3 is 0 Å². The first-order valence-corrected chi connectivity index (χ1v) is 10.0. The second-order valence-electron chi connectivity index (χ2n) is 5.74. The number of carbonyl (C=O) groups is 1. The van der Waals surface area contributed by atoms with E-state index in [0.717, 1.165) is 5.56 Å². The fourth-order valence-corrected chi connectivity index (χ4v) is 4.00. The maximum atomic E-state index is 13.2. The highest BCUT2D eigenvalue weighted by atomic mass is 32.2. The Bertz CT molecular complexity index is 1040. The smallest absolute Gasteiger partial charge is 0.238 e. The fraction of sp³-hybridized carbons (Fsp3) is 0.158. The summed E-state index contributed by atoms with van der Waals surface area (Å²) in [5, 5.41) is 22.6. The average molecular weight is 414 g/mol. The van der Waals surface area contributed by atoms with E-state index in [1.54, 1.807) is 36.6 Å². The van der Waals surface area contributed by atoms with E-state index < -0.39 is 5.25 Å². The largest absolute Gasteiger partial charge is 0.316 e. The van der Waals surface area contributed by atoms with Gasteiger partial charge in [-0.15, -0.1) is 28.1 Å². The number of amides is 1. The van der Waals surface area contributed by atoms with Gasteiger partial charge in [0.25, 0.3) is 0 Å². The van der Waals surface area contributed by atoms with E-state index in [9.17, 15) is 9.18 Å². The summed E-state index contributed by atoms with van der Waals surface area (Å²) in [6, 6.07) is 9.68. The first-order chi connectivity index (χ1) is 13.5. The second-order valence-corrected chi connectivity index (χ2v) is 7.96. The van der Waals surface area contributed by atoms with Crippen LogP contribution in [0.3, 0.4) is 0 Å². The summed E-state index contributed by atoms with van der Waals surface area (Å²) in [7, 11) is 0. The molecule has 1 aromatic carbocycles. The Balaban J connectivity index is 1.79. The van der Waals surface area contributed by atoms with E-state index in [1.807, 2.05) is 10.6 Å². The maximum absolute atomic E-state index is 13.2. The first kappa shape index (κ1) is 19.8. The van der Waals surface area contributed by atoms with Gasteiger partial charge in [-0.3, -0.25) is 9.36 Å². The number of rotatable bonds is 7. The minimum Gasteiger partial charge on any atom is -0.316 e. The number of hydrogen-bond donors (Lipinski definition) is 1. The highest BCUT2D eigenvalue weighted by Crippen LogP contribution is 2.29. The molecule has 2 heterocycles. The molecular weight excluding hydrogens is 397 g/mol. The number of anilines is 1. The predicted molar refractivity (Wildman–Crippen MR) is 109 cm³/mol. The van der Waals surface area contributed by atoms with Gasteiger partial charge in [0, 0.05) is 12.1 Å². The van der Waals surface area contributed by atoms with Gasteiger partial charge in [-0.05, 0) is 42.6 Å². The van der Waals surface area contributed by atoms with Crippen molar-refractivity contribution in [3.63, 3.8) is 0 Å². The molecule has 0 spiro atoms. The zero-order valence-electron chi connectivity index (χ0n) is 14.9. The number of nitrogens with one attached hydrogen (secondary N) is 1. The molecule has 1 atom stereocenters. The third-order valence-electron chi connectivity index (χ3n) is 3.80. The molecule has 6 nitrogen and oxygen atoms in total. The summed E-state index contributed by atoms with van der Waals surface area (Å²) in [5.41, 5.74) is 1.15. The van der Waals surface area contributed by atoms with Gasteiger partial charge in [0.15, 0.2) is 11.0 Å². The van der Waals surface area contributed by atoms with Crippen molar-refractivity contribution in [3.8, 4) is 17.5 Å². The number of allylic oxidation sites excluding steroid dienone is 1. The molecule has 0 saturated heterocycles. The van der Waals surface area contributed by atoms with E-state index in [4.69, 9.17) is 5.26 Å². The summed E-state index contributed by atoms with van der Waals surface area (Å²) in [6.07, 6.45) is 1.70. The van der Waals surface area contributed by atoms with Crippen LogP contribution in [0.5, 0.6) is 0 Å². The van der Waals surface area contributed by atoms with E-state index in [1.165, 1.54) is 35.2 Å². The average Bonchev–Trinajstić information content (AvgIpc) is 3.30. The van der Waals surface area contributed by atoms with Gasteiger partial charge in [-0.25, -0.2) is 4.39 Å². The molecule has 3 aromatic rings. The number of hydrogen-bond acceptors (Lipinski definition) is 6. The molecule has 0 bridgehead atoms. The zero-order valence-corrected chi connectivity index (χ0v) is 16.6. The second kappa shape index (κ2) is 8.82. The number of benzene rings is 1. The molecule has 28 heavy (non-hydrogen) atoms. The molecule has 1 N–H and O–H groups in total. The van der Waals surface area contributed by atoms with E-state index >= 15 is 0 Å². The molecule has 0 aliphatic carbocycles. The Morgan fingerprint density at radius 2 is 2.18 bits per heavy atom. The lowest BCUT2D eigenvalue weighted by Crippen LogP contribution is -2.22. The van der Waals surface area contributed by atoms with Gasteiger partial charge in [-0.2, -0.15) is 5.26 Å². The lowest BCUT2D eigenvalue weighted by Gasteiger charge is -2.12. The van der Waals surface area contributed by atoms with Crippen LogP contribution in [0, 0.1) is 17.1 Å². The molecule has 1 amide bonds. The Morgan fingerprint density at radius 1 is 1.43 bits per heavy atom. The van der Waals surface area contributed by atoms with E-state index in [0.29, 0.717) is 28.1 Å². The Labute approximate surface area is 169 Å². The SMILES string of the molecule is C=CCn1c(S[C@H](C)C(=O)Nc2sccc2C#N)nnc1-c1ccc(F)cc1. The summed E-state index contributed by atoms with van der Waals surface area (Å²) in [6.45, 7) is 5.95. The molecule has 0 unspecified atom stereocenters. The Morgan fingerprint density at radius 3 is 2.86 bits per heavy atom. The van der Waals surface area contributed by atoms with Gasteiger partial charge < -0.3 is 5.32 Å². The first-order valence-electron chi connectivity index (χ1n) is 8.28. The van der Waals surface area contributed by atoms with Crippen LogP contribution in [-0.4, -0.2) is 25.9 Å². The third kappa shape index (κ3) is 4.30. The van der Waals surface area contributed by atoms with Gasteiger partial charge in [0.1, 0.15) is 16.9 Å². The highest BCUT2D eigenvalue weighted by Gasteiger charge is 2.21. The number of aromatic nitrogens is 3. The van der Waals surface area contributed by atoms with Crippen molar-refractivity contribution in [3.05, 3.63) is 59.7 Å². The topological polar surface area (TPSA) is 83.6 Å². The number of thioether (sulfide) groups is 1. The Hall–Kier alpha value is -2.96. The molecule has 3 rings (SSSR count). The van der Waals surface area contributed by atoms with Crippen LogP contribution in [0.1, 0.15) is 12.5 Å². The van der Waals surface area contributed by atoms with Crippen molar-refractivity contribution >= 4 is 34.0 Å². The maximum Gasteiger partial charge on any atom is 0.238 e. The fourth-order valence-electron chi connectivity index (χ4n) is 2.40. The number of halogens is 1. The highest BCUT2D eigenvalue weighted by molar-refractivity contribution is 8.00. The number of nitrogens with zero attached hydrogens (tertiary/aromatic N) is 4. The Kier molecular flexibility index (Phi) is 6.23. The van der Waals surface area contributed by atoms with Crippen molar-refractivity contribution in [2.75, 3.05) is 5.32 Å². The van der Waals surface area contributed by atoms with Crippen LogP contribution in [0.2, 0.25) is 0 Å². The zero-order chi connectivity index (χ0) is 20.1. The molecular formula is C19H16FN5OS2. The third-order valence-corrected chi connectivity index (χ3v) is 5.72.